The second-order valence-corrected chi connectivity index (χ2v) is 11.6. The molecule has 1 aliphatic rings. The van der Waals surface area contributed by atoms with E-state index in [0.29, 0.717) is 19.3 Å². The molecule has 0 spiro atoms. The third kappa shape index (κ3) is 8.03. The summed E-state index contributed by atoms with van der Waals surface area (Å²) < 4.78 is 37.6. The van der Waals surface area contributed by atoms with Gasteiger partial charge >= 0.3 is 28.1 Å². The predicted octanol–water partition coefficient (Wildman–Crippen LogP) is 5.09. The Balaban J connectivity index is 1.70. The lowest BCUT2D eigenvalue weighted by Gasteiger charge is -2.35. The molecule has 3 aromatic rings. The number of rotatable bonds is 14. The van der Waals surface area contributed by atoms with Gasteiger partial charge in [-0.05, 0) is 37.5 Å². The third-order valence-electron chi connectivity index (χ3n) is 7.06. The SMILES string of the molecule is CC1=C(C(=O)OCc2ccccc2)C(c2ccccc2OS(=O)(=O)c2ccccc2[N+](=O)[O-])NC(=O)N1CCCCCC(=O)O. The van der Waals surface area contributed by atoms with E-state index in [4.69, 9.17) is 14.0 Å². The molecule has 45 heavy (non-hydrogen) atoms. The van der Waals surface area contributed by atoms with Crippen LogP contribution < -0.4 is 9.50 Å². The number of carbonyl (C=O) groups is 3. The molecule has 0 aromatic heterocycles. The Morgan fingerprint density at radius 2 is 1.64 bits per heavy atom. The van der Waals surface area contributed by atoms with Crippen molar-refractivity contribution in [2.24, 2.45) is 0 Å². The summed E-state index contributed by atoms with van der Waals surface area (Å²) >= 11 is 0. The lowest BCUT2D eigenvalue weighted by atomic mass is 9.94. The van der Waals surface area contributed by atoms with Crippen LogP contribution in [0.4, 0.5) is 10.5 Å². The fourth-order valence-corrected chi connectivity index (χ4v) is 5.97. The maximum atomic E-state index is 13.6. The molecule has 1 heterocycles. The highest BCUT2D eigenvalue weighted by Gasteiger charge is 2.38. The van der Waals surface area contributed by atoms with Crippen molar-refractivity contribution < 1.29 is 41.8 Å². The normalized spacial score (nSPS) is 14.9. The molecule has 0 bridgehead atoms. The number of unbranched alkanes of at least 4 members (excludes halogenated alkanes) is 2. The number of amides is 2. The predicted molar refractivity (Wildman–Crippen MR) is 160 cm³/mol. The molecule has 4 rings (SSSR count). The molecule has 1 aliphatic heterocycles. The Hall–Kier alpha value is -5.24. The molecular formula is C31H31N3O10S. The van der Waals surface area contributed by atoms with Gasteiger partial charge in [0.1, 0.15) is 12.4 Å². The molecule has 0 saturated heterocycles. The third-order valence-corrected chi connectivity index (χ3v) is 8.35. The molecular weight excluding hydrogens is 606 g/mol. The molecule has 0 fully saturated rings. The van der Waals surface area contributed by atoms with Crippen LogP contribution in [0, 0.1) is 10.1 Å². The summed E-state index contributed by atoms with van der Waals surface area (Å²) in [7, 11) is -4.73. The van der Waals surface area contributed by atoms with Gasteiger partial charge in [-0.25, -0.2) is 9.59 Å². The minimum Gasteiger partial charge on any atom is -0.481 e. The number of nitrogens with zero attached hydrogens (tertiary/aromatic N) is 2. The molecule has 3 aromatic carbocycles. The standard InChI is InChI=1S/C31H31N3O10S/c1-21-28(30(37)43-20-22-12-4-2-5-13-22)29(32-31(38)33(21)19-11-3-6-18-27(35)36)23-14-7-9-16-25(23)44-45(41,42)26-17-10-8-15-24(26)34(39)40/h2,4-5,7-10,12-17,29H,3,6,11,18-20H2,1H3,(H,32,38)(H,35,36). The number of allylic oxidation sites excluding steroid dienone is 1. The van der Waals surface area contributed by atoms with Crippen molar-refractivity contribution in [3.8, 4) is 5.75 Å². The van der Waals surface area contributed by atoms with Crippen molar-refractivity contribution >= 4 is 33.8 Å². The fourth-order valence-electron chi connectivity index (χ4n) is 4.85. The van der Waals surface area contributed by atoms with Gasteiger partial charge in [-0.1, -0.05) is 67.1 Å². The molecule has 2 amide bonds. The van der Waals surface area contributed by atoms with E-state index in [1.807, 2.05) is 6.07 Å². The van der Waals surface area contributed by atoms with Crippen LogP contribution in [0.3, 0.4) is 0 Å². The quantitative estimate of drug-likeness (QED) is 0.0794. The highest BCUT2D eigenvalue weighted by atomic mass is 32.2. The zero-order chi connectivity index (χ0) is 32.6. The zero-order valence-electron chi connectivity index (χ0n) is 24.2. The van der Waals surface area contributed by atoms with E-state index in [-0.39, 0.29) is 42.2 Å². The number of nitro groups is 1. The van der Waals surface area contributed by atoms with E-state index < -0.39 is 49.6 Å². The van der Waals surface area contributed by atoms with Crippen molar-refractivity contribution in [3.63, 3.8) is 0 Å². The number of para-hydroxylation sites is 2. The maximum Gasteiger partial charge on any atom is 0.346 e. The molecule has 1 atom stereocenters. The monoisotopic (exact) mass is 637 g/mol. The van der Waals surface area contributed by atoms with Crippen LogP contribution in [-0.4, -0.2) is 47.9 Å². The van der Waals surface area contributed by atoms with Gasteiger partial charge in [0.05, 0.1) is 16.5 Å². The lowest BCUT2D eigenvalue weighted by Crippen LogP contribution is -2.48. The first kappa shape index (κ1) is 32.7. The van der Waals surface area contributed by atoms with E-state index in [2.05, 4.69) is 5.32 Å². The molecule has 236 valence electrons. The van der Waals surface area contributed by atoms with Crippen molar-refractivity contribution in [1.29, 1.82) is 0 Å². The number of urea groups is 1. The van der Waals surface area contributed by atoms with Gasteiger partial charge in [-0.15, -0.1) is 0 Å². The van der Waals surface area contributed by atoms with Gasteiger partial charge in [0.25, 0.3) is 5.69 Å². The van der Waals surface area contributed by atoms with Gasteiger partial charge < -0.3 is 19.3 Å². The summed E-state index contributed by atoms with van der Waals surface area (Å²) in [5.74, 6) is -1.95. The van der Waals surface area contributed by atoms with Crippen molar-refractivity contribution in [2.75, 3.05) is 6.54 Å². The van der Waals surface area contributed by atoms with Crippen LogP contribution in [0.25, 0.3) is 0 Å². The number of carbonyl (C=O) groups excluding carboxylic acids is 2. The fraction of sp³-hybridized carbons (Fsp3) is 0.258. The van der Waals surface area contributed by atoms with E-state index in [1.165, 1.54) is 35.2 Å². The minimum absolute atomic E-state index is 0.00795. The molecule has 14 heteroatoms. The molecule has 2 N–H and O–H groups in total. The van der Waals surface area contributed by atoms with Crippen LogP contribution in [0.1, 0.15) is 49.8 Å². The Morgan fingerprint density at radius 3 is 2.36 bits per heavy atom. The Morgan fingerprint density at radius 1 is 0.978 bits per heavy atom. The van der Waals surface area contributed by atoms with Gasteiger partial charge in [-0.2, -0.15) is 8.42 Å². The van der Waals surface area contributed by atoms with Crippen LogP contribution in [0.15, 0.2) is 95.0 Å². The minimum atomic E-state index is -4.73. The Kier molecular flexibility index (Phi) is 10.5. The first-order chi connectivity index (χ1) is 21.5. The summed E-state index contributed by atoms with van der Waals surface area (Å²) in [6.07, 6.45) is 1.40. The summed E-state index contributed by atoms with van der Waals surface area (Å²) in [6, 6.07) is 17.7. The topological polar surface area (TPSA) is 182 Å². The molecule has 0 aliphatic carbocycles. The molecule has 0 radical (unpaired) electrons. The maximum absolute atomic E-state index is 13.6. The highest BCUT2D eigenvalue weighted by molar-refractivity contribution is 7.87. The molecule has 13 nitrogen and oxygen atoms in total. The molecule has 1 unspecified atom stereocenters. The van der Waals surface area contributed by atoms with Crippen molar-refractivity contribution in [2.45, 2.75) is 50.2 Å². The summed E-state index contributed by atoms with van der Waals surface area (Å²) in [5.41, 5.74) is 0.419. The number of esters is 1. The summed E-state index contributed by atoms with van der Waals surface area (Å²) in [4.78, 5) is 49.2. The van der Waals surface area contributed by atoms with Crippen LogP contribution in [0.5, 0.6) is 5.75 Å². The molecule has 0 saturated carbocycles. The average Bonchev–Trinajstić information content (AvgIpc) is 3.01. The number of aliphatic carboxylic acids is 1. The van der Waals surface area contributed by atoms with E-state index >= 15 is 0 Å². The van der Waals surface area contributed by atoms with E-state index in [1.54, 1.807) is 37.3 Å². The number of carboxylic acid groups (broad SMARTS) is 1. The van der Waals surface area contributed by atoms with Crippen molar-refractivity contribution in [1.82, 2.24) is 10.2 Å². The summed E-state index contributed by atoms with van der Waals surface area (Å²) in [5, 5.41) is 23.2. The summed E-state index contributed by atoms with van der Waals surface area (Å²) in [6.45, 7) is 1.68. The number of hydrogen-bond donors (Lipinski definition) is 2. The second-order valence-electron chi connectivity index (χ2n) is 10.1. The first-order valence-corrected chi connectivity index (χ1v) is 15.4. The smallest absolute Gasteiger partial charge is 0.346 e. The number of benzene rings is 3. The van der Waals surface area contributed by atoms with Gasteiger partial charge in [0.2, 0.25) is 0 Å². The second kappa shape index (κ2) is 14.5. The first-order valence-electron chi connectivity index (χ1n) is 14.0. The number of nitrogens with one attached hydrogen (secondary N) is 1. The largest absolute Gasteiger partial charge is 0.481 e. The highest BCUT2D eigenvalue weighted by Crippen LogP contribution is 2.38. The van der Waals surface area contributed by atoms with Gasteiger partial charge in [0.15, 0.2) is 4.90 Å². The zero-order valence-corrected chi connectivity index (χ0v) is 25.1. The number of hydrogen-bond acceptors (Lipinski definition) is 9. The number of nitro benzene ring substituents is 1. The Bertz CT molecular complexity index is 1720. The van der Waals surface area contributed by atoms with Crippen LogP contribution >= 0.6 is 0 Å². The van der Waals surface area contributed by atoms with Gasteiger partial charge in [-0.3, -0.25) is 19.8 Å². The lowest BCUT2D eigenvalue weighted by molar-refractivity contribution is -0.387. The number of ether oxygens (including phenoxy) is 1. The Labute approximate surface area is 259 Å². The number of carboxylic acids is 1. The van der Waals surface area contributed by atoms with E-state index in [0.717, 1.165) is 17.7 Å². The van der Waals surface area contributed by atoms with E-state index in [9.17, 15) is 32.9 Å². The van der Waals surface area contributed by atoms with Crippen molar-refractivity contribution in [3.05, 3.63) is 111 Å². The van der Waals surface area contributed by atoms with Gasteiger partial charge in [0, 0.05) is 30.3 Å². The van der Waals surface area contributed by atoms with Crippen LogP contribution in [0.2, 0.25) is 0 Å². The average molecular weight is 638 g/mol. The van der Waals surface area contributed by atoms with Crippen LogP contribution in [-0.2, 0) is 31.1 Å².